The zero-order valence-corrected chi connectivity index (χ0v) is 24.4. The molecule has 3 aromatic carbocycles. The molecule has 3 aromatic rings. The molecule has 13 heteroatoms. The van der Waals surface area contributed by atoms with E-state index in [2.05, 4.69) is 4.72 Å². The molecule has 0 fully saturated rings. The number of rotatable bonds is 9. The summed E-state index contributed by atoms with van der Waals surface area (Å²) in [6, 6.07) is 15.9. The molecule has 1 heterocycles. The highest BCUT2D eigenvalue weighted by atomic mass is 32.2. The monoisotopic (exact) mass is 605 g/mol. The zero-order chi connectivity index (χ0) is 29.9. The number of anilines is 1. The largest absolute Gasteiger partial charge is 0.486 e. The van der Waals surface area contributed by atoms with Crippen LogP contribution in [0.4, 0.5) is 10.1 Å². The molecule has 1 aliphatic heterocycles. The third kappa shape index (κ3) is 6.53. The number of carbonyl (C=O) groups is 1. The highest BCUT2D eigenvalue weighted by molar-refractivity contribution is 7.92. The fourth-order valence-electron chi connectivity index (χ4n) is 4.48. The van der Waals surface area contributed by atoms with Gasteiger partial charge in [0.15, 0.2) is 5.75 Å². The van der Waals surface area contributed by atoms with Gasteiger partial charge in [0.05, 0.1) is 40.2 Å². The summed E-state index contributed by atoms with van der Waals surface area (Å²) in [5, 5.41) is 9.87. The van der Waals surface area contributed by atoms with Gasteiger partial charge in [0, 0.05) is 19.5 Å². The maximum Gasteiger partial charge on any atom is 0.262 e. The van der Waals surface area contributed by atoms with Gasteiger partial charge in [0.2, 0.25) is 10.0 Å². The Kier molecular flexibility index (Phi) is 9.02. The first-order chi connectivity index (χ1) is 19.3. The van der Waals surface area contributed by atoms with Crippen molar-refractivity contribution in [3.05, 3.63) is 84.2 Å². The van der Waals surface area contributed by atoms with E-state index in [1.807, 2.05) is 0 Å². The highest BCUT2D eigenvalue weighted by Crippen LogP contribution is 2.36. The van der Waals surface area contributed by atoms with Crippen LogP contribution in [0.25, 0.3) is 0 Å². The van der Waals surface area contributed by atoms with Gasteiger partial charge < -0.3 is 14.7 Å². The average molecular weight is 606 g/mol. The molecule has 0 aliphatic carbocycles. The Morgan fingerprint density at radius 3 is 2.32 bits per heavy atom. The first-order valence-electron chi connectivity index (χ1n) is 12.9. The summed E-state index contributed by atoms with van der Waals surface area (Å²) < 4.78 is 76.2. The number of sulfonamides is 2. The van der Waals surface area contributed by atoms with Crippen LogP contribution in [0.15, 0.2) is 82.6 Å². The maximum atomic E-state index is 13.6. The van der Waals surface area contributed by atoms with Crippen molar-refractivity contribution in [2.24, 2.45) is 5.92 Å². The Balaban J connectivity index is 1.76. The van der Waals surface area contributed by atoms with E-state index in [1.165, 1.54) is 42.3 Å². The molecular weight excluding hydrogens is 573 g/mol. The molecule has 0 aromatic heterocycles. The lowest BCUT2D eigenvalue weighted by atomic mass is 9.99. The quantitative estimate of drug-likeness (QED) is 0.383. The molecule has 220 valence electrons. The summed E-state index contributed by atoms with van der Waals surface area (Å²) in [6.07, 6.45) is -0.824. The minimum atomic E-state index is -4.22. The van der Waals surface area contributed by atoms with E-state index in [4.69, 9.17) is 4.74 Å². The number of benzene rings is 3. The third-order valence-electron chi connectivity index (χ3n) is 6.95. The summed E-state index contributed by atoms with van der Waals surface area (Å²) in [4.78, 5) is 15.0. The van der Waals surface area contributed by atoms with Gasteiger partial charge >= 0.3 is 0 Å². The van der Waals surface area contributed by atoms with Gasteiger partial charge in [-0.15, -0.1) is 0 Å². The van der Waals surface area contributed by atoms with E-state index in [0.717, 1.165) is 28.6 Å². The molecule has 4 rings (SSSR count). The third-order valence-corrected chi connectivity index (χ3v) is 10.2. The predicted octanol–water partition coefficient (Wildman–Crippen LogP) is 3.17. The van der Waals surface area contributed by atoms with Crippen molar-refractivity contribution in [2.45, 2.75) is 35.8 Å². The summed E-state index contributed by atoms with van der Waals surface area (Å²) in [5.74, 6) is -1.61. The highest BCUT2D eigenvalue weighted by Gasteiger charge is 2.36. The molecule has 2 N–H and O–H groups in total. The van der Waals surface area contributed by atoms with Crippen LogP contribution in [0.1, 0.15) is 24.2 Å². The number of hydrogen-bond acceptors (Lipinski definition) is 7. The first kappa shape index (κ1) is 30.4. The molecule has 0 saturated heterocycles. The molecular formula is C28H32FN3O7S2. The average Bonchev–Trinajstić information content (AvgIpc) is 2.95. The van der Waals surface area contributed by atoms with E-state index < -0.39 is 49.8 Å². The molecule has 0 radical (unpaired) electrons. The zero-order valence-electron chi connectivity index (χ0n) is 22.8. The van der Waals surface area contributed by atoms with Crippen LogP contribution < -0.4 is 9.46 Å². The number of halogens is 1. The van der Waals surface area contributed by atoms with Crippen LogP contribution in [-0.4, -0.2) is 75.9 Å². The predicted molar refractivity (Wildman–Crippen MR) is 151 cm³/mol. The van der Waals surface area contributed by atoms with Crippen molar-refractivity contribution >= 4 is 31.6 Å². The topological polar surface area (TPSA) is 133 Å². The summed E-state index contributed by atoms with van der Waals surface area (Å²) in [6.45, 7) is 3.17. The molecule has 3 atom stereocenters. The number of nitrogens with one attached hydrogen (secondary N) is 1. The second-order valence-electron chi connectivity index (χ2n) is 9.96. The molecule has 0 saturated carbocycles. The van der Waals surface area contributed by atoms with Crippen LogP contribution in [0.5, 0.6) is 5.75 Å². The second-order valence-corrected chi connectivity index (χ2v) is 13.7. The van der Waals surface area contributed by atoms with Gasteiger partial charge in [-0.2, -0.15) is 4.31 Å². The van der Waals surface area contributed by atoms with E-state index in [1.54, 1.807) is 32.0 Å². The number of likely N-dealkylation sites (N-methyl/N-ethyl adjacent to an activating group) is 1. The van der Waals surface area contributed by atoms with E-state index in [0.29, 0.717) is 0 Å². The van der Waals surface area contributed by atoms with Gasteiger partial charge in [-0.3, -0.25) is 9.52 Å². The minimum Gasteiger partial charge on any atom is -0.486 e. The number of carbonyl (C=O) groups excluding carboxylic acids is 1. The molecule has 0 bridgehead atoms. The van der Waals surface area contributed by atoms with Gasteiger partial charge in [-0.1, -0.05) is 31.2 Å². The number of aliphatic hydroxyl groups is 1. The fraction of sp³-hybridized carbons (Fsp3) is 0.321. The lowest BCUT2D eigenvalue weighted by Gasteiger charge is -2.38. The fourth-order valence-corrected chi connectivity index (χ4v) is 6.75. The summed E-state index contributed by atoms with van der Waals surface area (Å²) in [7, 11) is -6.69. The number of amides is 1. The van der Waals surface area contributed by atoms with Crippen molar-refractivity contribution < 1.29 is 35.9 Å². The molecule has 41 heavy (non-hydrogen) atoms. The first-order valence-corrected chi connectivity index (χ1v) is 15.8. The smallest absolute Gasteiger partial charge is 0.262 e. The van der Waals surface area contributed by atoms with Crippen LogP contribution in [-0.2, 0) is 20.0 Å². The molecule has 0 spiro atoms. The van der Waals surface area contributed by atoms with E-state index >= 15 is 0 Å². The number of fused-ring (bicyclic) bond motifs is 1. The summed E-state index contributed by atoms with van der Waals surface area (Å²) >= 11 is 0. The van der Waals surface area contributed by atoms with Crippen LogP contribution >= 0.6 is 0 Å². The maximum absolute atomic E-state index is 13.6. The van der Waals surface area contributed by atoms with Gasteiger partial charge in [-0.25, -0.2) is 21.2 Å². The van der Waals surface area contributed by atoms with Crippen molar-refractivity contribution in [1.29, 1.82) is 0 Å². The Labute approximate surface area is 239 Å². The van der Waals surface area contributed by atoms with Crippen molar-refractivity contribution in [1.82, 2.24) is 9.21 Å². The van der Waals surface area contributed by atoms with Gasteiger partial charge in [0.25, 0.3) is 15.9 Å². The lowest BCUT2D eigenvalue weighted by Crippen LogP contribution is -2.50. The lowest BCUT2D eigenvalue weighted by molar-refractivity contribution is 0.0389. The van der Waals surface area contributed by atoms with Crippen LogP contribution in [0.2, 0.25) is 0 Å². The van der Waals surface area contributed by atoms with Crippen LogP contribution in [0, 0.1) is 11.7 Å². The number of hydrogen-bond donors (Lipinski definition) is 2. The Morgan fingerprint density at radius 1 is 1.02 bits per heavy atom. The van der Waals surface area contributed by atoms with Crippen molar-refractivity contribution in [2.75, 3.05) is 31.5 Å². The number of ether oxygens (including phenoxy) is 1. The minimum absolute atomic E-state index is 0.0371. The SMILES string of the molecule is C[C@@H]1CN([C@@H](C)CO)C(=O)c2cccc(NS(=O)(=O)c3ccc(F)cc3)c2O[C@H]1CN(C)S(=O)(=O)c1ccccc1. The Bertz CT molecular complexity index is 1600. The van der Waals surface area contributed by atoms with Gasteiger partial charge in [-0.05, 0) is 55.5 Å². The molecule has 10 nitrogen and oxygen atoms in total. The van der Waals surface area contributed by atoms with Crippen molar-refractivity contribution in [3.63, 3.8) is 0 Å². The Morgan fingerprint density at radius 2 is 1.68 bits per heavy atom. The second kappa shape index (κ2) is 12.1. The summed E-state index contributed by atoms with van der Waals surface area (Å²) in [5.41, 5.74) is -0.0143. The van der Waals surface area contributed by atoms with Gasteiger partial charge in [0.1, 0.15) is 11.9 Å². The molecule has 1 amide bonds. The number of aliphatic hydroxyl groups excluding tert-OH is 1. The number of para-hydroxylation sites is 1. The van der Waals surface area contributed by atoms with E-state index in [9.17, 15) is 31.1 Å². The molecule has 1 aliphatic rings. The standard InChI is InChI=1S/C28H32FN3O7S2/c1-19-16-32(20(2)18-33)28(34)24-10-7-11-25(30-40(35,36)22-14-12-21(29)13-15-22)27(24)39-26(19)17-31(3)41(37,38)23-8-5-4-6-9-23/h4-15,19-20,26,30,33H,16-18H2,1-3H3/t19-,20+,26+/m1/s1. The van der Waals surface area contributed by atoms with Crippen molar-refractivity contribution in [3.8, 4) is 5.75 Å². The number of nitrogens with zero attached hydrogens (tertiary/aromatic N) is 2. The van der Waals surface area contributed by atoms with Crippen LogP contribution in [0.3, 0.4) is 0 Å². The normalized spacial score (nSPS) is 18.7. The van der Waals surface area contributed by atoms with E-state index in [-0.39, 0.29) is 46.5 Å². The Hall–Kier alpha value is -3.52. The molecule has 0 unspecified atom stereocenters.